The van der Waals surface area contributed by atoms with Crippen molar-refractivity contribution in [2.75, 3.05) is 25.1 Å². The Hall–Kier alpha value is -1.62. The zero-order valence-electron chi connectivity index (χ0n) is 11.0. The summed E-state index contributed by atoms with van der Waals surface area (Å²) >= 11 is 0. The van der Waals surface area contributed by atoms with Gasteiger partial charge in [0.25, 0.3) is 0 Å². The maximum absolute atomic E-state index is 5.53. The molecular weight excluding hydrogens is 228 g/mol. The van der Waals surface area contributed by atoms with Gasteiger partial charge in [0.05, 0.1) is 6.20 Å². The van der Waals surface area contributed by atoms with Crippen LogP contribution in [0.5, 0.6) is 0 Å². The van der Waals surface area contributed by atoms with Crippen LogP contribution in [0.25, 0.3) is 5.52 Å². The van der Waals surface area contributed by atoms with Crippen LogP contribution in [0.2, 0.25) is 0 Å². The molecule has 0 unspecified atom stereocenters. The third kappa shape index (κ3) is 3.43. The highest BCUT2D eigenvalue weighted by molar-refractivity contribution is 5.66. The van der Waals surface area contributed by atoms with Crippen molar-refractivity contribution in [2.45, 2.75) is 20.3 Å². The van der Waals surface area contributed by atoms with Crippen molar-refractivity contribution in [2.24, 2.45) is 5.92 Å². The molecule has 1 N–H and O–H groups in total. The van der Waals surface area contributed by atoms with Crippen molar-refractivity contribution >= 4 is 11.3 Å². The zero-order valence-corrected chi connectivity index (χ0v) is 11.0. The minimum absolute atomic E-state index is 0.597. The topological polar surface area (TPSA) is 51.5 Å². The average molecular weight is 248 g/mol. The van der Waals surface area contributed by atoms with Crippen LogP contribution in [0.4, 0.5) is 5.82 Å². The molecular formula is C13H20N4O. The van der Waals surface area contributed by atoms with Gasteiger partial charge < -0.3 is 10.1 Å². The number of ether oxygens (including phenoxy) is 1. The van der Waals surface area contributed by atoms with Gasteiger partial charge in [-0.1, -0.05) is 13.8 Å². The molecule has 18 heavy (non-hydrogen) atoms. The van der Waals surface area contributed by atoms with E-state index in [1.54, 1.807) is 12.4 Å². The molecule has 2 aromatic rings. The third-order valence-corrected chi connectivity index (χ3v) is 2.53. The molecule has 0 radical (unpaired) electrons. The molecule has 5 nitrogen and oxygen atoms in total. The van der Waals surface area contributed by atoms with Gasteiger partial charge >= 0.3 is 0 Å². The molecule has 98 valence electrons. The standard InChI is InChI=1S/C13H20N4O/c1-11(2)10-18-9-3-5-14-13-12-4-6-16-17(12)8-7-15-13/h4,6-8,11H,3,5,9-10H2,1-2H3,(H,14,15). The normalized spacial score (nSPS) is 11.3. The number of rotatable bonds is 7. The minimum atomic E-state index is 0.597. The Balaban J connectivity index is 1.75. The predicted octanol–water partition coefficient (Wildman–Crippen LogP) is 2.20. The largest absolute Gasteiger partial charge is 0.381 e. The Kier molecular flexibility index (Phi) is 4.52. The first-order valence-electron chi connectivity index (χ1n) is 6.37. The fraction of sp³-hybridized carbons (Fsp3) is 0.538. The van der Waals surface area contributed by atoms with E-state index >= 15 is 0 Å². The molecule has 0 aliphatic carbocycles. The summed E-state index contributed by atoms with van der Waals surface area (Å²) in [6.07, 6.45) is 6.33. The number of hydrogen-bond donors (Lipinski definition) is 1. The highest BCUT2D eigenvalue weighted by Crippen LogP contribution is 2.11. The summed E-state index contributed by atoms with van der Waals surface area (Å²) in [5, 5.41) is 7.48. The van der Waals surface area contributed by atoms with Gasteiger partial charge in [-0.3, -0.25) is 0 Å². The summed E-state index contributed by atoms with van der Waals surface area (Å²) in [6.45, 7) is 6.78. The van der Waals surface area contributed by atoms with Crippen molar-refractivity contribution in [1.29, 1.82) is 0 Å². The van der Waals surface area contributed by atoms with E-state index < -0.39 is 0 Å². The molecule has 0 aromatic carbocycles. The van der Waals surface area contributed by atoms with Gasteiger partial charge in [-0.15, -0.1) is 0 Å². The molecule has 2 aromatic heterocycles. The van der Waals surface area contributed by atoms with E-state index in [0.717, 1.165) is 37.5 Å². The monoisotopic (exact) mass is 248 g/mol. The number of anilines is 1. The van der Waals surface area contributed by atoms with Crippen molar-refractivity contribution in [1.82, 2.24) is 14.6 Å². The maximum atomic E-state index is 5.53. The van der Waals surface area contributed by atoms with E-state index in [1.165, 1.54) is 0 Å². The summed E-state index contributed by atoms with van der Waals surface area (Å²) in [5.74, 6) is 1.47. The number of aromatic nitrogens is 3. The molecule has 2 heterocycles. The quantitative estimate of drug-likeness (QED) is 0.763. The maximum Gasteiger partial charge on any atom is 0.152 e. The third-order valence-electron chi connectivity index (χ3n) is 2.53. The van der Waals surface area contributed by atoms with Gasteiger partial charge in [0.1, 0.15) is 5.52 Å². The lowest BCUT2D eigenvalue weighted by Crippen LogP contribution is -2.09. The van der Waals surface area contributed by atoms with Crippen LogP contribution in [0.1, 0.15) is 20.3 Å². The van der Waals surface area contributed by atoms with E-state index in [4.69, 9.17) is 4.74 Å². The lowest BCUT2D eigenvalue weighted by molar-refractivity contribution is 0.110. The highest BCUT2D eigenvalue weighted by Gasteiger charge is 2.01. The molecule has 0 spiro atoms. The van der Waals surface area contributed by atoms with Gasteiger partial charge in [-0.2, -0.15) is 5.10 Å². The lowest BCUT2D eigenvalue weighted by atomic mass is 10.2. The van der Waals surface area contributed by atoms with Crippen LogP contribution < -0.4 is 5.32 Å². The van der Waals surface area contributed by atoms with Gasteiger partial charge in [0, 0.05) is 32.2 Å². The Labute approximate surface area is 107 Å². The number of nitrogens with zero attached hydrogens (tertiary/aromatic N) is 3. The molecule has 0 amide bonds. The zero-order chi connectivity index (χ0) is 12.8. The van der Waals surface area contributed by atoms with Crippen molar-refractivity contribution in [3.63, 3.8) is 0 Å². The first-order chi connectivity index (χ1) is 8.77. The first-order valence-corrected chi connectivity index (χ1v) is 6.37. The van der Waals surface area contributed by atoms with Crippen LogP contribution in [-0.4, -0.2) is 34.4 Å². The Morgan fingerprint density at radius 2 is 2.28 bits per heavy atom. The molecule has 2 rings (SSSR count). The molecule has 0 aliphatic heterocycles. The molecule has 5 heteroatoms. The van der Waals surface area contributed by atoms with Crippen LogP contribution in [0.15, 0.2) is 24.7 Å². The molecule has 0 saturated carbocycles. The van der Waals surface area contributed by atoms with E-state index in [0.29, 0.717) is 5.92 Å². The number of hydrogen-bond acceptors (Lipinski definition) is 4. The van der Waals surface area contributed by atoms with Crippen molar-refractivity contribution in [3.05, 3.63) is 24.7 Å². The smallest absolute Gasteiger partial charge is 0.152 e. The van der Waals surface area contributed by atoms with E-state index in [-0.39, 0.29) is 0 Å². The van der Waals surface area contributed by atoms with Crippen LogP contribution in [-0.2, 0) is 4.74 Å². The summed E-state index contributed by atoms with van der Waals surface area (Å²) in [7, 11) is 0. The SMILES string of the molecule is CC(C)COCCCNc1nccn2nccc12. The molecule has 0 atom stereocenters. The van der Waals surface area contributed by atoms with Crippen molar-refractivity contribution < 1.29 is 4.74 Å². The van der Waals surface area contributed by atoms with Gasteiger partial charge in [0.15, 0.2) is 5.82 Å². The Morgan fingerprint density at radius 3 is 3.11 bits per heavy atom. The number of fused-ring (bicyclic) bond motifs is 1. The lowest BCUT2D eigenvalue weighted by Gasteiger charge is -2.08. The molecule has 0 fully saturated rings. The average Bonchev–Trinajstić information content (AvgIpc) is 2.82. The van der Waals surface area contributed by atoms with Crippen molar-refractivity contribution in [3.8, 4) is 0 Å². The summed E-state index contributed by atoms with van der Waals surface area (Å²) < 4.78 is 7.34. The predicted molar refractivity (Wildman–Crippen MR) is 71.8 cm³/mol. The number of nitrogens with one attached hydrogen (secondary N) is 1. The molecule has 0 aliphatic rings. The summed E-state index contributed by atoms with van der Waals surface area (Å²) in [4.78, 5) is 4.31. The van der Waals surface area contributed by atoms with Gasteiger partial charge in [0.2, 0.25) is 0 Å². The van der Waals surface area contributed by atoms with Crippen LogP contribution >= 0.6 is 0 Å². The Morgan fingerprint density at radius 1 is 1.39 bits per heavy atom. The van der Waals surface area contributed by atoms with Gasteiger partial charge in [-0.25, -0.2) is 9.50 Å². The summed E-state index contributed by atoms with van der Waals surface area (Å²) in [6, 6.07) is 1.95. The first kappa shape index (κ1) is 12.8. The molecule has 0 saturated heterocycles. The molecule has 0 bridgehead atoms. The fourth-order valence-electron chi connectivity index (χ4n) is 1.69. The van der Waals surface area contributed by atoms with E-state index in [1.807, 2.05) is 16.8 Å². The van der Waals surface area contributed by atoms with E-state index in [2.05, 4.69) is 29.2 Å². The second kappa shape index (κ2) is 6.35. The minimum Gasteiger partial charge on any atom is -0.381 e. The van der Waals surface area contributed by atoms with Crippen LogP contribution in [0.3, 0.4) is 0 Å². The summed E-state index contributed by atoms with van der Waals surface area (Å²) in [5.41, 5.74) is 1.00. The fourth-order valence-corrected chi connectivity index (χ4v) is 1.69. The van der Waals surface area contributed by atoms with E-state index in [9.17, 15) is 0 Å². The second-order valence-electron chi connectivity index (χ2n) is 4.69. The highest BCUT2D eigenvalue weighted by atomic mass is 16.5. The Bertz CT molecular complexity index is 481. The van der Waals surface area contributed by atoms with Crippen LogP contribution in [0, 0.1) is 5.92 Å². The van der Waals surface area contributed by atoms with Gasteiger partial charge in [-0.05, 0) is 18.4 Å². The second-order valence-corrected chi connectivity index (χ2v) is 4.69.